The van der Waals surface area contributed by atoms with Gasteiger partial charge in [-0.05, 0) is 42.3 Å². The number of benzene rings is 1. The van der Waals surface area contributed by atoms with Gasteiger partial charge in [-0.1, -0.05) is 12.1 Å². The molecular weight excluding hydrogens is 324 g/mol. The van der Waals surface area contributed by atoms with Crippen molar-refractivity contribution in [3.05, 3.63) is 71.8 Å². The van der Waals surface area contributed by atoms with Gasteiger partial charge in [0, 0.05) is 58.5 Å². The average Bonchev–Trinajstić information content (AvgIpc) is 3.25. The molecule has 4 aromatic rings. The highest BCUT2D eigenvalue weighted by Crippen LogP contribution is 2.33. The Bertz CT molecular complexity index is 1180. The molecule has 0 bridgehead atoms. The van der Waals surface area contributed by atoms with Crippen LogP contribution in [0.15, 0.2) is 55.0 Å². The Labute approximate surface area is 150 Å². The SMILES string of the molecule is Cc1ncccc1-c1cnc2[nH]cc(-c3ccc4c(c3)CNC4=O)c2c1. The van der Waals surface area contributed by atoms with Crippen molar-refractivity contribution in [1.29, 1.82) is 0 Å². The zero-order chi connectivity index (χ0) is 17.7. The number of nitrogens with zero attached hydrogens (tertiary/aromatic N) is 2. The van der Waals surface area contributed by atoms with Crippen molar-refractivity contribution in [3.63, 3.8) is 0 Å². The van der Waals surface area contributed by atoms with Crippen LogP contribution < -0.4 is 5.32 Å². The summed E-state index contributed by atoms with van der Waals surface area (Å²) in [6, 6.07) is 12.1. The van der Waals surface area contributed by atoms with Crippen molar-refractivity contribution < 1.29 is 4.79 Å². The predicted octanol–water partition coefficient (Wildman–Crippen LogP) is 3.84. The quantitative estimate of drug-likeness (QED) is 0.582. The fourth-order valence-corrected chi connectivity index (χ4v) is 3.58. The normalized spacial score (nSPS) is 13.0. The van der Waals surface area contributed by atoms with E-state index in [9.17, 15) is 4.79 Å². The van der Waals surface area contributed by atoms with E-state index in [1.807, 2.05) is 37.5 Å². The van der Waals surface area contributed by atoms with E-state index < -0.39 is 0 Å². The standard InChI is InChI=1S/C21H16N4O/c1-12-16(3-2-6-22-12)15-8-18-19(11-24-20(18)23-9-15)13-4-5-17-14(7-13)10-25-21(17)26/h2-9,11H,10H2,1H3,(H,23,24)(H,25,26). The van der Waals surface area contributed by atoms with Crippen molar-refractivity contribution in [2.24, 2.45) is 0 Å². The molecule has 2 N–H and O–H groups in total. The molecule has 126 valence electrons. The van der Waals surface area contributed by atoms with E-state index in [1.165, 1.54) is 0 Å². The number of nitrogens with one attached hydrogen (secondary N) is 2. The maximum atomic E-state index is 11.8. The van der Waals surface area contributed by atoms with Crippen LogP contribution in [0.4, 0.5) is 0 Å². The van der Waals surface area contributed by atoms with E-state index in [0.29, 0.717) is 6.54 Å². The second-order valence-electron chi connectivity index (χ2n) is 6.51. The van der Waals surface area contributed by atoms with Crippen molar-refractivity contribution in [1.82, 2.24) is 20.3 Å². The highest BCUT2D eigenvalue weighted by Gasteiger charge is 2.19. The average molecular weight is 340 g/mol. The van der Waals surface area contributed by atoms with Crippen LogP contribution >= 0.6 is 0 Å². The molecule has 0 aliphatic carbocycles. The summed E-state index contributed by atoms with van der Waals surface area (Å²) in [5, 5.41) is 3.92. The third-order valence-corrected chi connectivity index (χ3v) is 4.95. The van der Waals surface area contributed by atoms with Crippen LogP contribution in [0.1, 0.15) is 21.6 Å². The van der Waals surface area contributed by atoms with E-state index in [0.717, 1.165) is 50.1 Å². The second kappa shape index (κ2) is 5.52. The van der Waals surface area contributed by atoms with Crippen molar-refractivity contribution in [2.75, 3.05) is 0 Å². The number of aryl methyl sites for hydroxylation is 1. The van der Waals surface area contributed by atoms with Crippen molar-refractivity contribution in [3.8, 4) is 22.3 Å². The lowest BCUT2D eigenvalue weighted by Gasteiger charge is -2.06. The first kappa shape index (κ1) is 14.8. The van der Waals surface area contributed by atoms with Gasteiger partial charge in [0.15, 0.2) is 0 Å². The number of rotatable bonds is 2. The molecule has 0 atom stereocenters. The molecule has 4 heterocycles. The smallest absolute Gasteiger partial charge is 0.251 e. The monoisotopic (exact) mass is 340 g/mol. The Morgan fingerprint density at radius 2 is 1.92 bits per heavy atom. The van der Waals surface area contributed by atoms with Crippen LogP contribution in [0.5, 0.6) is 0 Å². The number of H-pyrrole nitrogens is 1. The molecule has 26 heavy (non-hydrogen) atoms. The molecule has 1 aliphatic rings. The highest BCUT2D eigenvalue weighted by atomic mass is 16.1. The summed E-state index contributed by atoms with van der Waals surface area (Å²) < 4.78 is 0. The fourth-order valence-electron chi connectivity index (χ4n) is 3.58. The Morgan fingerprint density at radius 3 is 2.81 bits per heavy atom. The van der Waals surface area contributed by atoms with Gasteiger partial charge in [-0.25, -0.2) is 4.98 Å². The minimum absolute atomic E-state index is 0.00137. The summed E-state index contributed by atoms with van der Waals surface area (Å²) in [5.74, 6) is 0.00137. The minimum Gasteiger partial charge on any atom is -0.348 e. The third-order valence-electron chi connectivity index (χ3n) is 4.95. The molecule has 0 spiro atoms. The molecular formula is C21H16N4O. The van der Waals surface area contributed by atoms with E-state index in [1.54, 1.807) is 6.20 Å². The molecule has 0 saturated carbocycles. The van der Waals surface area contributed by atoms with Crippen LogP contribution in [-0.4, -0.2) is 20.9 Å². The lowest BCUT2D eigenvalue weighted by atomic mass is 9.99. The van der Waals surface area contributed by atoms with Crippen molar-refractivity contribution in [2.45, 2.75) is 13.5 Å². The van der Waals surface area contributed by atoms with Gasteiger partial charge in [-0.15, -0.1) is 0 Å². The number of pyridine rings is 2. The van der Waals surface area contributed by atoms with Gasteiger partial charge in [-0.2, -0.15) is 0 Å². The fraction of sp³-hybridized carbons (Fsp3) is 0.0952. The number of hydrogen-bond donors (Lipinski definition) is 2. The van der Waals surface area contributed by atoms with E-state index in [-0.39, 0.29) is 5.91 Å². The topological polar surface area (TPSA) is 70.7 Å². The first-order chi connectivity index (χ1) is 12.7. The van der Waals surface area contributed by atoms with Gasteiger partial charge in [0.1, 0.15) is 5.65 Å². The summed E-state index contributed by atoms with van der Waals surface area (Å²) in [4.78, 5) is 24.0. The van der Waals surface area contributed by atoms with E-state index >= 15 is 0 Å². The largest absolute Gasteiger partial charge is 0.348 e. The van der Waals surface area contributed by atoms with Gasteiger partial charge in [-0.3, -0.25) is 9.78 Å². The summed E-state index contributed by atoms with van der Waals surface area (Å²) in [7, 11) is 0. The van der Waals surface area contributed by atoms with Crippen LogP contribution in [0, 0.1) is 6.92 Å². The van der Waals surface area contributed by atoms with Crippen molar-refractivity contribution >= 4 is 16.9 Å². The zero-order valence-corrected chi connectivity index (χ0v) is 14.2. The second-order valence-corrected chi connectivity index (χ2v) is 6.51. The zero-order valence-electron chi connectivity index (χ0n) is 14.2. The molecule has 0 saturated heterocycles. The van der Waals surface area contributed by atoms with E-state index in [4.69, 9.17) is 0 Å². The van der Waals surface area contributed by atoms with Gasteiger partial charge in [0.25, 0.3) is 5.91 Å². The summed E-state index contributed by atoms with van der Waals surface area (Å²) >= 11 is 0. The first-order valence-electron chi connectivity index (χ1n) is 8.51. The van der Waals surface area contributed by atoms with Crippen LogP contribution in [0.2, 0.25) is 0 Å². The number of aromatic amines is 1. The maximum absolute atomic E-state index is 11.8. The first-order valence-corrected chi connectivity index (χ1v) is 8.51. The summed E-state index contributed by atoms with van der Waals surface area (Å²) in [6.45, 7) is 2.59. The van der Waals surface area contributed by atoms with Crippen LogP contribution in [0.3, 0.4) is 0 Å². The molecule has 1 aromatic carbocycles. The molecule has 0 fully saturated rings. The number of aromatic nitrogens is 3. The highest BCUT2D eigenvalue weighted by molar-refractivity contribution is 6.00. The molecule has 5 rings (SSSR count). The maximum Gasteiger partial charge on any atom is 0.251 e. The Balaban J connectivity index is 1.67. The predicted molar refractivity (Wildman–Crippen MR) is 101 cm³/mol. The molecule has 1 amide bonds. The van der Waals surface area contributed by atoms with Gasteiger partial charge in [0.05, 0.1) is 0 Å². The van der Waals surface area contributed by atoms with Gasteiger partial charge in [0.2, 0.25) is 0 Å². The van der Waals surface area contributed by atoms with Gasteiger partial charge >= 0.3 is 0 Å². The Kier molecular flexibility index (Phi) is 3.15. The lowest BCUT2D eigenvalue weighted by molar-refractivity contribution is 0.0966. The minimum atomic E-state index is 0.00137. The molecule has 1 aliphatic heterocycles. The van der Waals surface area contributed by atoms with E-state index in [2.05, 4.69) is 38.5 Å². The number of carbonyl (C=O) groups excluding carboxylic acids is 1. The number of carbonyl (C=O) groups is 1. The molecule has 5 nitrogen and oxygen atoms in total. The van der Waals surface area contributed by atoms with Gasteiger partial charge < -0.3 is 10.3 Å². The summed E-state index contributed by atoms with van der Waals surface area (Å²) in [5.41, 5.74) is 7.91. The number of amides is 1. The molecule has 3 aromatic heterocycles. The van der Waals surface area contributed by atoms with Crippen LogP contribution in [-0.2, 0) is 6.54 Å². The van der Waals surface area contributed by atoms with Crippen LogP contribution in [0.25, 0.3) is 33.3 Å². The number of fused-ring (bicyclic) bond motifs is 2. The number of hydrogen-bond acceptors (Lipinski definition) is 3. The molecule has 0 unspecified atom stereocenters. The third kappa shape index (κ3) is 2.21. The lowest BCUT2D eigenvalue weighted by Crippen LogP contribution is -2.12. The Hall–Kier alpha value is -3.47. The summed E-state index contributed by atoms with van der Waals surface area (Å²) in [6.07, 6.45) is 5.65. The molecule has 0 radical (unpaired) electrons. The Morgan fingerprint density at radius 1 is 1.00 bits per heavy atom. The molecule has 5 heteroatoms.